The molecule has 1 aromatic rings. The Morgan fingerprint density at radius 1 is 1.09 bits per heavy atom. The number of benzene rings is 1. The maximum atomic E-state index is 13.7. The number of aryl methyl sites for hydroxylation is 2. The zero-order valence-electron chi connectivity index (χ0n) is 21.4. The zero-order valence-corrected chi connectivity index (χ0v) is 21.4. The molecule has 0 saturated carbocycles. The van der Waals surface area contributed by atoms with Crippen LogP contribution in [-0.4, -0.2) is 40.5 Å². The summed E-state index contributed by atoms with van der Waals surface area (Å²) in [6.45, 7) is 16.4. The van der Waals surface area contributed by atoms with Gasteiger partial charge in [0.2, 0.25) is 5.91 Å². The summed E-state index contributed by atoms with van der Waals surface area (Å²) < 4.78 is 5.36. The van der Waals surface area contributed by atoms with E-state index < -0.39 is 29.7 Å². The number of carbonyl (C=O) groups is 3. The fourth-order valence-corrected chi connectivity index (χ4v) is 3.53. The van der Waals surface area contributed by atoms with Crippen LogP contribution in [0.3, 0.4) is 0 Å². The molecule has 2 N–H and O–H groups in total. The van der Waals surface area contributed by atoms with Crippen molar-refractivity contribution in [1.82, 2.24) is 15.5 Å². The lowest BCUT2D eigenvalue weighted by Crippen LogP contribution is -2.54. The molecule has 0 aliphatic heterocycles. The minimum atomic E-state index is -1.04. The van der Waals surface area contributed by atoms with Crippen LogP contribution in [-0.2, 0) is 14.3 Å². The third-order valence-electron chi connectivity index (χ3n) is 5.28. The molecule has 3 atom stereocenters. The summed E-state index contributed by atoms with van der Waals surface area (Å²) in [5, 5.41) is 5.55. The molecule has 7 heteroatoms. The van der Waals surface area contributed by atoms with Crippen LogP contribution in [0.2, 0.25) is 0 Å². The van der Waals surface area contributed by atoms with Crippen LogP contribution in [0.1, 0.15) is 77.6 Å². The maximum absolute atomic E-state index is 13.7. The Bertz CT molecular complexity index is 876. The van der Waals surface area contributed by atoms with Crippen molar-refractivity contribution < 1.29 is 19.1 Å². The van der Waals surface area contributed by atoms with Crippen molar-refractivity contribution in [3.05, 3.63) is 34.9 Å². The minimum absolute atomic E-state index is 0.149. The third-order valence-corrected chi connectivity index (χ3v) is 5.28. The normalized spacial score (nSPS) is 14.0. The molecule has 182 valence electrons. The lowest BCUT2D eigenvalue weighted by atomic mass is 9.92. The van der Waals surface area contributed by atoms with Crippen molar-refractivity contribution in [2.24, 2.45) is 5.92 Å². The highest BCUT2D eigenvalue weighted by atomic mass is 16.6. The summed E-state index contributed by atoms with van der Waals surface area (Å²) in [5.74, 6) is -1.16. The lowest BCUT2D eigenvalue weighted by Gasteiger charge is -2.33. The number of carbonyl (C=O) groups excluding carboxylic acids is 3. The van der Waals surface area contributed by atoms with E-state index in [1.54, 1.807) is 20.8 Å². The van der Waals surface area contributed by atoms with Crippen LogP contribution in [0.15, 0.2) is 18.2 Å². The van der Waals surface area contributed by atoms with E-state index in [4.69, 9.17) is 11.2 Å². The molecule has 1 rings (SSSR count). The van der Waals surface area contributed by atoms with E-state index in [1.807, 2.05) is 59.7 Å². The summed E-state index contributed by atoms with van der Waals surface area (Å²) in [4.78, 5) is 40.7. The number of ether oxygens (including phenoxy) is 1. The molecule has 0 radical (unpaired) electrons. The molecule has 0 saturated heterocycles. The Kier molecular flexibility index (Phi) is 9.97. The second-order valence-corrected chi connectivity index (χ2v) is 9.72. The number of nitrogens with zero attached hydrogens (tertiary/aromatic N) is 1. The van der Waals surface area contributed by atoms with Crippen LogP contribution in [0, 0.1) is 32.2 Å². The van der Waals surface area contributed by atoms with Gasteiger partial charge in [0.1, 0.15) is 17.7 Å². The average molecular weight is 458 g/mol. The van der Waals surface area contributed by atoms with E-state index in [1.165, 1.54) is 0 Å². The second-order valence-electron chi connectivity index (χ2n) is 9.72. The van der Waals surface area contributed by atoms with Crippen molar-refractivity contribution in [3.8, 4) is 12.5 Å². The highest BCUT2D eigenvalue weighted by Crippen LogP contribution is 2.29. The van der Waals surface area contributed by atoms with E-state index in [0.717, 1.165) is 16.0 Å². The average Bonchev–Trinajstić information content (AvgIpc) is 2.68. The molecule has 0 aliphatic carbocycles. The van der Waals surface area contributed by atoms with Gasteiger partial charge in [-0.25, -0.2) is 4.79 Å². The first-order valence-electron chi connectivity index (χ1n) is 11.4. The van der Waals surface area contributed by atoms with Crippen molar-refractivity contribution in [2.75, 3.05) is 0 Å². The summed E-state index contributed by atoms with van der Waals surface area (Å²) in [6.07, 6.45) is 5.72. The number of nitrogens with one attached hydrogen (secondary N) is 2. The van der Waals surface area contributed by atoms with Gasteiger partial charge in [-0.3, -0.25) is 14.5 Å². The second kappa shape index (κ2) is 11.7. The SMILES string of the molecule is C#CN(C(=O)C(NC(=O)OC(C)(C)C)C(C)CC)C(C(=O)NC(C)C)c1c(C)cccc1C. The lowest BCUT2D eigenvalue weighted by molar-refractivity contribution is -0.139. The van der Waals surface area contributed by atoms with Gasteiger partial charge in [-0.15, -0.1) is 0 Å². The number of hydrogen-bond donors (Lipinski definition) is 2. The predicted molar refractivity (Wildman–Crippen MR) is 130 cm³/mol. The van der Waals surface area contributed by atoms with Crippen LogP contribution >= 0.6 is 0 Å². The molecule has 33 heavy (non-hydrogen) atoms. The molecule has 0 bridgehead atoms. The number of alkyl carbamates (subject to hydrolysis) is 1. The molecule has 0 fully saturated rings. The summed E-state index contributed by atoms with van der Waals surface area (Å²) >= 11 is 0. The predicted octanol–water partition coefficient (Wildman–Crippen LogP) is 4.23. The van der Waals surface area contributed by atoms with Crippen molar-refractivity contribution in [3.63, 3.8) is 0 Å². The standard InChI is InChI=1S/C26H39N3O4/c1-11-17(5)21(28-25(32)33-26(8,9)10)24(31)29(12-2)22(23(30)27-16(3)4)20-18(6)14-13-15-19(20)7/h2,13-17,21-22H,11H2,1,3-10H3,(H,27,30)(H,28,32). The smallest absolute Gasteiger partial charge is 0.408 e. The van der Waals surface area contributed by atoms with E-state index >= 15 is 0 Å². The molecule has 1 aromatic carbocycles. The number of hydrogen-bond acceptors (Lipinski definition) is 4. The Labute approximate surface area is 198 Å². The first-order chi connectivity index (χ1) is 15.2. The monoisotopic (exact) mass is 457 g/mol. The molecule has 0 aliphatic rings. The summed E-state index contributed by atoms with van der Waals surface area (Å²) in [6, 6.07) is 5.91. The quantitative estimate of drug-likeness (QED) is 0.452. The molecule has 0 heterocycles. The fraction of sp³-hybridized carbons (Fsp3) is 0.577. The maximum Gasteiger partial charge on any atom is 0.408 e. The molecule has 3 amide bonds. The molecule has 3 unspecified atom stereocenters. The molecule has 0 spiro atoms. The van der Waals surface area contributed by atoms with Crippen LogP contribution < -0.4 is 10.6 Å². The minimum Gasteiger partial charge on any atom is -0.444 e. The van der Waals surface area contributed by atoms with Crippen molar-refractivity contribution in [2.45, 2.75) is 92.5 Å². The van der Waals surface area contributed by atoms with E-state index in [2.05, 4.69) is 16.7 Å². The van der Waals surface area contributed by atoms with Gasteiger partial charge in [-0.2, -0.15) is 0 Å². The van der Waals surface area contributed by atoms with Gasteiger partial charge in [0, 0.05) is 12.1 Å². The van der Waals surface area contributed by atoms with Gasteiger partial charge >= 0.3 is 6.09 Å². The van der Waals surface area contributed by atoms with Crippen molar-refractivity contribution in [1.29, 1.82) is 0 Å². The van der Waals surface area contributed by atoms with Crippen LogP contribution in [0.25, 0.3) is 0 Å². The Hall–Kier alpha value is -3.01. The van der Waals surface area contributed by atoms with E-state index in [0.29, 0.717) is 12.0 Å². The fourth-order valence-electron chi connectivity index (χ4n) is 3.53. The Balaban J connectivity index is 3.50. The molecule has 0 aromatic heterocycles. The Morgan fingerprint density at radius 3 is 2.06 bits per heavy atom. The molecule has 7 nitrogen and oxygen atoms in total. The molecular weight excluding hydrogens is 418 g/mol. The first-order valence-corrected chi connectivity index (χ1v) is 11.4. The van der Waals surface area contributed by atoms with E-state index in [-0.39, 0.29) is 17.9 Å². The Morgan fingerprint density at radius 2 is 1.64 bits per heavy atom. The van der Waals surface area contributed by atoms with Gasteiger partial charge in [0.05, 0.1) is 0 Å². The van der Waals surface area contributed by atoms with E-state index in [9.17, 15) is 14.4 Å². The number of amides is 3. The number of rotatable bonds is 8. The summed E-state index contributed by atoms with van der Waals surface area (Å²) in [5.41, 5.74) is 1.62. The van der Waals surface area contributed by atoms with Gasteiger partial charge < -0.3 is 15.4 Å². The highest BCUT2D eigenvalue weighted by Gasteiger charge is 2.38. The molecular formula is C26H39N3O4. The zero-order chi connectivity index (χ0) is 25.5. The highest BCUT2D eigenvalue weighted by molar-refractivity contribution is 5.94. The van der Waals surface area contributed by atoms with Gasteiger partial charge in [-0.1, -0.05) is 44.9 Å². The van der Waals surface area contributed by atoms with Gasteiger partial charge in [-0.05, 0) is 71.1 Å². The van der Waals surface area contributed by atoms with Gasteiger partial charge in [0.25, 0.3) is 5.91 Å². The third kappa shape index (κ3) is 7.81. The largest absolute Gasteiger partial charge is 0.444 e. The summed E-state index contributed by atoms with van der Waals surface area (Å²) in [7, 11) is 0. The first kappa shape index (κ1) is 28.0. The van der Waals surface area contributed by atoms with Gasteiger partial charge in [0.15, 0.2) is 0 Å². The topological polar surface area (TPSA) is 87.7 Å². The number of terminal acetylenes is 1. The van der Waals surface area contributed by atoms with Crippen LogP contribution in [0.5, 0.6) is 0 Å². The van der Waals surface area contributed by atoms with Crippen LogP contribution in [0.4, 0.5) is 4.79 Å². The van der Waals surface area contributed by atoms with Crippen molar-refractivity contribution >= 4 is 17.9 Å².